The molecule has 78 valence electrons. The molecule has 0 amide bonds. The van der Waals surface area contributed by atoms with Crippen molar-refractivity contribution in [2.45, 2.75) is 34.1 Å². The molecule has 0 radical (unpaired) electrons. The van der Waals surface area contributed by atoms with Gasteiger partial charge in [-0.15, -0.1) is 12.4 Å². The van der Waals surface area contributed by atoms with Crippen molar-refractivity contribution in [3.63, 3.8) is 0 Å². The molecule has 0 aromatic carbocycles. The van der Waals surface area contributed by atoms with Crippen LogP contribution in [0.4, 0.5) is 0 Å². The molecule has 0 rings (SSSR count). The SMILES string of the molecule is CCCO.CCN(CC)CC.Cl. The Kier molecular flexibility index (Phi) is 26.1. The molecule has 0 saturated carbocycles. The number of aliphatic hydroxyl groups excluding tert-OH is 1. The normalized spacial score (nSPS) is 8.50. The van der Waals surface area contributed by atoms with Crippen molar-refractivity contribution in [1.29, 1.82) is 0 Å². The summed E-state index contributed by atoms with van der Waals surface area (Å²) in [7, 11) is 0. The van der Waals surface area contributed by atoms with E-state index >= 15 is 0 Å². The van der Waals surface area contributed by atoms with E-state index in [1.165, 1.54) is 19.6 Å². The number of rotatable bonds is 4. The third kappa shape index (κ3) is 16.7. The highest BCUT2D eigenvalue weighted by molar-refractivity contribution is 5.85. The van der Waals surface area contributed by atoms with Gasteiger partial charge in [0, 0.05) is 6.61 Å². The molecular weight excluding hydrogens is 174 g/mol. The number of nitrogens with zero attached hydrogens (tertiary/aromatic N) is 1. The van der Waals surface area contributed by atoms with Gasteiger partial charge >= 0.3 is 0 Å². The zero-order valence-electron chi connectivity index (χ0n) is 8.84. The molecule has 0 saturated heterocycles. The second-order valence-corrected chi connectivity index (χ2v) is 2.34. The Morgan fingerprint density at radius 1 is 0.917 bits per heavy atom. The molecule has 1 N–H and O–H groups in total. The molecule has 3 heteroatoms. The van der Waals surface area contributed by atoms with Crippen molar-refractivity contribution in [3.8, 4) is 0 Å². The van der Waals surface area contributed by atoms with Gasteiger partial charge in [0.1, 0.15) is 0 Å². The lowest BCUT2D eigenvalue weighted by Gasteiger charge is -2.13. The minimum absolute atomic E-state index is 0. The summed E-state index contributed by atoms with van der Waals surface area (Å²) in [6, 6.07) is 0. The molecule has 2 nitrogen and oxygen atoms in total. The number of halogens is 1. The Morgan fingerprint density at radius 2 is 1.17 bits per heavy atom. The number of hydrogen-bond donors (Lipinski definition) is 1. The van der Waals surface area contributed by atoms with Crippen molar-refractivity contribution < 1.29 is 5.11 Å². The molecule has 0 aromatic heterocycles. The maximum atomic E-state index is 7.88. The van der Waals surface area contributed by atoms with E-state index < -0.39 is 0 Å². The Morgan fingerprint density at radius 3 is 1.17 bits per heavy atom. The van der Waals surface area contributed by atoms with E-state index in [-0.39, 0.29) is 12.4 Å². The average molecular weight is 198 g/mol. The largest absolute Gasteiger partial charge is 0.396 e. The molecule has 12 heavy (non-hydrogen) atoms. The van der Waals surface area contributed by atoms with Gasteiger partial charge in [0.2, 0.25) is 0 Å². The van der Waals surface area contributed by atoms with Gasteiger partial charge in [-0.25, -0.2) is 0 Å². The van der Waals surface area contributed by atoms with Crippen LogP contribution in [-0.4, -0.2) is 36.2 Å². The predicted octanol–water partition coefficient (Wildman–Crippen LogP) is 2.16. The summed E-state index contributed by atoms with van der Waals surface area (Å²) >= 11 is 0. The molecule has 0 aliphatic heterocycles. The zero-order chi connectivity index (χ0) is 9.11. The van der Waals surface area contributed by atoms with Gasteiger partial charge in [-0.2, -0.15) is 0 Å². The maximum Gasteiger partial charge on any atom is 0.0428 e. The fraction of sp³-hybridized carbons (Fsp3) is 1.00. The molecule has 0 aliphatic rings. The molecule has 0 aromatic rings. The van der Waals surface area contributed by atoms with E-state index in [0.717, 1.165) is 6.42 Å². The topological polar surface area (TPSA) is 23.5 Å². The van der Waals surface area contributed by atoms with E-state index in [4.69, 9.17) is 5.11 Å². The van der Waals surface area contributed by atoms with Crippen LogP contribution in [0.3, 0.4) is 0 Å². The summed E-state index contributed by atoms with van der Waals surface area (Å²) in [4.78, 5) is 2.38. The number of aliphatic hydroxyl groups is 1. The second kappa shape index (κ2) is 17.3. The summed E-state index contributed by atoms with van der Waals surface area (Å²) < 4.78 is 0. The Balaban J connectivity index is -0.000000142. The molecule has 0 atom stereocenters. The third-order valence-corrected chi connectivity index (χ3v) is 1.57. The minimum atomic E-state index is 0. The fourth-order valence-corrected chi connectivity index (χ4v) is 0.671. The lowest BCUT2D eigenvalue weighted by atomic mass is 10.5. The standard InChI is InChI=1S/C6H15N.C3H8O.ClH/c1-4-7(5-2)6-3;1-2-3-4;/h4-6H2,1-3H3;4H,2-3H2,1H3;1H. The van der Waals surface area contributed by atoms with Crippen LogP contribution in [0.2, 0.25) is 0 Å². The fourth-order valence-electron chi connectivity index (χ4n) is 0.671. The maximum absolute atomic E-state index is 7.88. The monoisotopic (exact) mass is 197 g/mol. The summed E-state index contributed by atoms with van der Waals surface area (Å²) in [6.45, 7) is 12.4. The molecular formula is C9H24ClNO. The van der Waals surface area contributed by atoms with Gasteiger partial charge in [0.25, 0.3) is 0 Å². The highest BCUT2D eigenvalue weighted by Crippen LogP contribution is 1.81. The Labute approximate surface area is 83.4 Å². The summed E-state index contributed by atoms with van der Waals surface area (Å²) in [5.74, 6) is 0. The first-order valence-electron chi connectivity index (χ1n) is 4.59. The van der Waals surface area contributed by atoms with Gasteiger partial charge in [-0.05, 0) is 26.1 Å². The molecule has 0 aliphatic carbocycles. The molecule has 0 fully saturated rings. The first kappa shape index (κ1) is 18.1. The van der Waals surface area contributed by atoms with E-state index in [1.54, 1.807) is 0 Å². The number of hydrogen-bond acceptors (Lipinski definition) is 2. The third-order valence-electron chi connectivity index (χ3n) is 1.57. The minimum Gasteiger partial charge on any atom is -0.396 e. The van der Waals surface area contributed by atoms with E-state index in [0.29, 0.717) is 6.61 Å². The second-order valence-electron chi connectivity index (χ2n) is 2.34. The molecule has 0 spiro atoms. The van der Waals surface area contributed by atoms with E-state index in [9.17, 15) is 0 Å². The van der Waals surface area contributed by atoms with Crippen LogP contribution < -0.4 is 0 Å². The van der Waals surface area contributed by atoms with Gasteiger partial charge in [0.05, 0.1) is 0 Å². The first-order valence-corrected chi connectivity index (χ1v) is 4.59. The smallest absolute Gasteiger partial charge is 0.0428 e. The molecule has 0 unspecified atom stereocenters. The van der Waals surface area contributed by atoms with Gasteiger partial charge < -0.3 is 10.0 Å². The van der Waals surface area contributed by atoms with Crippen molar-refractivity contribution in [1.82, 2.24) is 4.90 Å². The van der Waals surface area contributed by atoms with Gasteiger partial charge in [0.15, 0.2) is 0 Å². The van der Waals surface area contributed by atoms with Crippen LogP contribution in [0, 0.1) is 0 Å². The lowest BCUT2D eigenvalue weighted by Crippen LogP contribution is -2.21. The van der Waals surface area contributed by atoms with Crippen LogP contribution in [0.5, 0.6) is 0 Å². The highest BCUT2D eigenvalue weighted by Gasteiger charge is 1.89. The molecule has 0 bridgehead atoms. The first-order chi connectivity index (χ1) is 5.26. The van der Waals surface area contributed by atoms with Crippen molar-refractivity contribution in [2.75, 3.05) is 26.2 Å². The summed E-state index contributed by atoms with van der Waals surface area (Å²) in [5.41, 5.74) is 0. The van der Waals surface area contributed by atoms with Gasteiger partial charge in [-0.1, -0.05) is 27.7 Å². The van der Waals surface area contributed by atoms with Crippen molar-refractivity contribution in [3.05, 3.63) is 0 Å². The average Bonchev–Trinajstić information content (AvgIpc) is 2.08. The van der Waals surface area contributed by atoms with Crippen LogP contribution in [0.1, 0.15) is 34.1 Å². The highest BCUT2D eigenvalue weighted by atomic mass is 35.5. The lowest BCUT2D eigenvalue weighted by molar-refractivity contribution is 0.295. The van der Waals surface area contributed by atoms with Crippen LogP contribution >= 0.6 is 12.4 Å². The van der Waals surface area contributed by atoms with Crippen LogP contribution in [-0.2, 0) is 0 Å². The Bertz CT molecular complexity index is 51.0. The summed E-state index contributed by atoms with van der Waals surface area (Å²) in [6.07, 6.45) is 0.875. The van der Waals surface area contributed by atoms with Crippen molar-refractivity contribution >= 4 is 12.4 Å². The van der Waals surface area contributed by atoms with Crippen LogP contribution in [0.25, 0.3) is 0 Å². The predicted molar refractivity (Wildman–Crippen MR) is 58.1 cm³/mol. The van der Waals surface area contributed by atoms with Crippen molar-refractivity contribution in [2.24, 2.45) is 0 Å². The van der Waals surface area contributed by atoms with E-state index in [1.807, 2.05) is 6.92 Å². The van der Waals surface area contributed by atoms with Gasteiger partial charge in [-0.3, -0.25) is 0 Å². The quantitative estimate of drug-likeness (QED) is 0.747. The molecule has 0 heterocycles. The van der Waals surface area contributed by atoms with E-state index in [2.05, 4.69) is 25.7 Å². The zero-order valence-corrected chi connectivity index (χ0v) is 9.65. The summed E-state index contributed by atoms with van der Waals surface area (Å²) in [5, 5.41) is 7.88. The van der Waals surface area contributed by atoms with Crippen LogP contribution in [0.15, 0.2) is 0 Å². The Hall–Kier alpha value is 0.210.